The highest BCUT2D eigenvalue weighted by atomic mass is 32.2. The molecule has 1 aromatic carbocycles. The molecule has 2 aromatic rings. The first kappa shape index (κ1) is 15.4. The van der Waals surface area contributed by atoms with E-state index in [0.717, 1.165) is 36.5 Å². The molecule has 2 aliphatic heterocycles. The molecule has 24 heavy (non-hydrogen) atoms. The highest BCUT2D eigenvalue weighted by molar-refractivity contribution is 7.93. The number of pyridine rings is 1. The van der Waals surface area contributed by atoms with Crippen LogP contribution >= 0.6 is 0 Å². The molecule has 1 aromatic heterocycles. The molecule has 1 atom stereocenters. The molecular weight excluding hydrogens is 322 g/mol. The Kier molecular flexibility index (Phi) is 3.92. The fourth-order valence-corrected chi connectivity index (χ4v) is 5.67. The Morgan fingerprint density at radius 1 is 1.04 bits per heavy atom. The molecule has 2 aliphatic rings. The lowest BCUT2D eigenvalue weighted by molar-refractivity contribution is 0.527. The van der Waals surface area contributed by atoms with Gasteiger partial charge in [-0.3, -0.25) is 4.31 Å². The zero-order valence-electron chi connectivity index (χ0n) is 13.5. The van der Waals surface area contributed by atoms with Crippen molar-refractivity contribution in [1.29, 1.82) is 0 Å². The second-order valence-corrected chi connectivity index (χ2v) is 8.53. The molecular formula is C18H21N3O2S. The smallest absolute Gasteiger partial charge is 0.239 e. The van der Waals surface area contributed by atoms with Crippen LogP contribution in [0, 0.1) is 0 Å². The number of rotatable bonds is 3. The SMILES string of the molecule is O=S(=O)([C@H]1CCCN(c2ccccn2)C1)N1CCc2ccccc21. The summed E-state index contributed by atoms with van der Waals surface area (Å²) in [6, 6.07) is 13.6. The minimum atomic E-state index is -3.35. The van der Waals surface area contributed by atoms with Gasteiger partial charge in [-0.2, -0.15) is 0 Å². The number of benzene rings is 1. The maximum atomic E-state index is 13.2. The van der Waals surface area contributed by atoms with Crippen molar-refractivity contribution < 1.29 is 8.42 Å². The van der Waals surface area contributed by atoms with E-state index in [0.29, 0.717) is 19.5 Å². The first-order chi connectivity index (χ1) is 11.7. The van der Waals surface area contributed by atoms with Gasteiger partial charge in [-0.25, -0.2) is 13.4 Å². The molecule has 0 saturated carbocycles. The number of para-hydroxylation sites is 1. The first-order valence-electron chi connectivity index (χ1n) is 8.42. The zero-order valence-corrected chi connectivity index (χ0v) is 14.3. The third kappa shape index (κ3) is 2.65. The van der Waals surface area contributed by atoms with Gasteiger partial charge in [0.2, 0.25) is 10.0 Å². The predicted octanol–water partition coefficient (Wildman–Crippen LogP) is 2.44. The molecule has 3 heterocycles. The third-order valence-corrected chi connectivity index (χ3v) is 7.15. The van der Waals surface area contributed by atoms with Crippen LogP contribution in [0.5, 0.6) is 0 Å². The second kappa shape index (κ2) is 6.09. The summed E-state index contributed by atoms with van der Waals surface area (Å²) in [7, 11) is -3.35. The molecule has 1 saturated heterocycles. The standard InChI is InChI=1S/C18H21N3O2S/c22-24(23,21-13-10-15-6-1-2-8-17(15)21)16-7-5-12-20(14-16)18-9-3-4-11-19-18/h1-4,6,8-9,11,16H,5,7,10,12-14H2/t16-/m0/s1. The fourth-order valence-electron chi connectivity index (χ4n) is 3.68. The monoisotopic (exact) mass is 343 g/mol. The maximum absolute atomic E-state index is 13.2. The van der Waals surface area contributed by atoms with Gasteiger partial charge in [-0.1, -0.05) is 24.3 Å². The van der Waals surface area contributed by atoms with Crippen LogP contribution in [0.4, 0.5) is 11.5 Å². The third-order valence-electron chi connectivity index (χ3n) is 4.92. The van der Waals surface area contributed by atoms with Gasteiger partial charge < -0.3 is 4.90 Å². The maximum Gasteiger partial charge on any atom is 0.239 e. The topological polar surface area (TPSA) is 53.5 Å². The normalized spacial score (nSPS) is 20.9. The van der Waals surface area contributed by atoms with Crippen LogP contribution in [0.2, 0.25) is 0 Å². The van der Waals surface area contributed by atoms with Crippen LogP contribution in [-0.2, 0) is 16.4 Å². The van der Waals surface area contributed by atoms with Crippen molar-refractivity contribution in [1.82, 2.24) is 4.98 Å². The Balaban J connectivity index is 1.59. The van der Waals surface area contributed by atoms with Crippen LogP contribution in [0.3, 0.4) is 0 Å². The van der Waals surface area contributed by atoms with Gasteiger partial charge in [0.25, 0.3) is 0 Å². The molecule has 4 rings (SSSR count). The van der Waals surface area contributed by atoms with Gasteiger partial charge in [0, 0.05) is 25.8 Å². The second-order valence-electron chi connectivity index (χ2n) is 6.39. The van der Waals surface area contributed by atoms with Gasteiger partial charge in [0.1, 0.15) is 5.82 Å². The summed E-state index contributed by atoms with van der Waals surface area (Å²) < 4.78 is 28.0. The number of hydrogen-bond donors (Lipinski definition) is 0. The minimum absolute atomic E-state index is 0.376. The van der Waals surface area contributed by atoms with Crippen LogP contribution in [-0.4, -0.2) is 38.3 Å². The number of sulfonamides is 1. The fraction of sp³-hybridized carbons (Fsp3) is 0.389. The largest absolute Gasteiger partial charge is 0.355 e. The van der Waals surface area contributed by atoms with E-state index in [1.54, 1.807) is 10.5 Å². The Hall–Kier alpha value is -2.08. The van der Waals surface area contributed by atoms with Crippen molar-refractivity contribution in [3.63, 3.8) is 0 Å². The Labute approximate surface area is 143 Å². The minimum Gasteiger partial charge on any atom is -0.355 e. The first-order valence-corrected chi connectivity index (χ1v) is 9.92. The van der Waals surface area contributed by atoms with Crippen LogP contribution in [0.1, 0.15) is 18.4 Å². The number of fused-ring (bicyclic) bond motifs is 1. The Bertz CT molecular complexity index is 823. The Morgan fingerprint density at radius 2 is 1.88 bits per heavy atom. The Morgan fingerprint density at radius 3 is 2.71 bits per heavy atom. The number of nitrogens with zero attached hydrogens (tertiary/aromatic N) is 3. The molecule has 0 unspecified atom stereocenters. The van der Waals surface area contributed by atoms with Crippen molar-refractivity contribution in [3.05, 3.63) is 54.2 Å². The molecule has 0 N–H and O–H groups in total. The average Bonchev–Trinajstić information content (AvgIpc) is 3.07. The number of hydrogen-bond acceptors (Lipinski definition) is 4. The van der Waals surface area contributed by atoms with E-state index in [2.05, 4.69) is 9.88 Å². The lowest BCUT2D eigenvalue weighted by Crippen LogP contribution is -2.48. The predicted molar refractivity (Wildman–Crippen MR) is 95.9 cm³/mol. The van der Waals surface area contributed by atoms with Crippen molar-refractivity contribution >= 4 is 21.5 Å². The summed E-state index contributed by atoms with van der Waals surface area (Å²) in [6.45, 7) is 1.93. The summed E-state index contributed by atoms with van der Waals surface area (Å²) in [5.74, 6) is 0.860. The highest BCUT2D eigenvalue weighted by Gasteiger charge is 2.38. The molecule has 5 nitrogen and oxygen atoms in total. The van der Waals surface area contributed by atoms with E-state index in [1.165, 1.54) is 0 Å². The highest BCUT2D eigenvalue weighted by Crippen LogP contribution is 2.33. The van der Waals surface area contributed by atoms with Crippen molar-refractivity contribution in [3.8, 4) is 0 Å². The molecule has 0 spiro atoms. The molecule has 0 bridgehead atoms. The van der Waals surface area contributed by atoms with Crippen molar-refractivity contribution in [2.24, 2.45) is 0 Å². The summed E-state index contributed by atoms with van der Waals surface area (Å²) in [6.07, 6.45) is 4.14. The van der Waals surface area contributed by atoms with E-state index in [1.807, 2.05) is 42.5 Å². The van der Waals surface area contributed by atoms with E-state index < -0.39 is 10.0 Å². The lowest BCUT2D eigenvalue weighted by atomic mass is 10.1. The van der Waals surface area contributed by atoms with Crippen LogP contribution in [0.25, 0.3) is 0 Å². The molecule has 0 aliphatic carbocycles. The van der Waals surface area contributed by atoms with Gasteiger partial charge in [-0.15, -0.1) is 0 Å². The molecule has 126 valence electrons. The van der Waals surface area contributed by atoms with Gasteiger partial charge in [0.05, 0.1) is 10.9 Å². The number of aromatic nitrogens is 1. The molecule has 1 fully saturated rings. The average molecular weight is 343 g/mol. The van der Waals surface area contributed by atoms with Gasteiger partial charge >= 0.3 is 0 Å². The van der Waals surface area contributed by atoms with Crippen molar-refractivity contribution in [2.75, 3.05) is 28.8 Å². The van der Waals surface area contributed by atoms with E-state index >= 15 is 0 Å². The summed E-state index contributed by atoms with van der Waals surface area (Å²) in [4.78, 5) is 6.46. The summed E-state index contributed by atoms with van der Waals surface area (Å²) in [5, 5.41) is -0.376. The summed E-state index contributed by atoms with van der Waals surface area (Å²) in [5.41, 5.74) is 1.98. The summed E-state index contributed by atoms with van der Waals surface area (Å²) >= 11 is 0. The lowest BCUT2D eigenvalue weighted by Gasteiger charge is -2.35. The quantitative estimate of drug-likeness (QED) is 0.859. The molecule has 6 heteroatoms. The van der Waals surface area contributed by atoms with Gasteiger partial charge in [0.15, 0.2) is 0 Å². The van der Waals surface area contributed by atoms with E-state index in [9.17, 15) is 8.42 Å². The number of piperidine rings is 1. The number of anilines is 2. The molecule has 0 radical (unpaired) electrons. The van der Waals surface area contributed by atoms with Crippen molar-refractivity contribution in [2.45, 2.75) is 24.5 Å². The van der Waals surface area contributed by atoms with E-state index in [-0.39, 0.29) is 5.25 Å². The van der Waals surface area contributed by atoms with Crippen LogP contribution < -0.4 is 9.21 Å². The molecule has 0 amide bonds. The van der Waals surface area contributed by atoms with Crippen LogP contribution in [0.15, 0.2) is 48.7 Å². The zero-order chi connectivity index (χ0) is 16.6. The van der Waals surface area contributed by atoms with Gasteiger partial charge in [-0.05, 0) is 43.0 Å². The van der Waals surface area contributed by atoms with E-state index in [4.69, 9.17) is 0 Å².